The van der Waals surface area contributed by atoms with Crippen LogP contribution in [0.2, 0.25) is 0 Å². The van der Waals surface area contributed by atoms with Crippen LogP contribution < -0.4 is 0 Å². The molecule has 0 radical (unpaired) electrons. The summed E-state index contributed by atoms with van der Waals surface area (Å²) >= 11 is 0. The Morgan fingerprint density at radius 3 is 2.17 bits per heavy atom. The maximum Gasteiger partial charge on any atom is 0.0780 e. The van der Waals surface area contributed by atoms with Crippen molar-refractivity contribution in [3.63, 3.8) is 0 Å². The van der Waals surface area contributed by atoms with Crippen molar-refractivity contribution < 1.29 is 0 Å². The van der Waals surface area contributed by atoms with Crippen molar-refractivity contribution in [1.82, 2.24) is 4.98 Å². The Kier molecular flexibility index (Phi) is 4.73. The predicted molar refractivity (Wildman–Crippen MR) is 127 cm³/mol. The highest BCUT2D eigenvalue weighted by Gasteiger charge is 2.19. The van der Waals surface area contributed by atoms with E-state index in [0.29, 0.717) is 0 Å². The Morgan fingerprint density at radius 2 is 1.45 bits per heavy atom. The maximum absolute atomic E-state index is 4.81. The minimum absolute atomic E-state index is 0.0695. The SMILES string of the molecule is CC(C)(C)Cc1ccc2c(-c3cc(C(C)(C)C)c4ccccc4c3)nccc2c1. The van der Waals surface area contributed by atoms with Crippen LogP contribution >= 0.6 is 0 Å². The van der Waals surface area contributed by atoms with Crippen molar-refractivity contribution in [1.29, 1.82) is 0 Å². The smallest absolute Gasteiger partial charge is 0.0780 e. The summed E-state index contributed by atoms with van der Waals surface area (Å²) < 4.78 is 0. The normalized spacial score (nSPS) is 12.6. The van der Waals surface area contributed by atoms with E-state index in [0.717, 1.165) is 12.1 Å². The first-order valence-corrected chi connectivity index (χ1v) is 10.5. The Balaban J connectivity index is 1.92. The van der Waals surface area contributed by atoms with E-state index in [1.54, 1.807) is 0 Å². The molecule has 0 saturated heterocycles. The maximum atomic E-state index is 4.81. The van der Waals surface area contributed by atoms with E-state index in [1.807, 2.05) is 6.20 Å². The van der Waals surface area contributed by atoms with Gasteiger partial charge in [-0.05, 0) is 62.7 Å². The molecule has 0 bridgehead atoms. The van der Waals surface area contributed by atoms with Crippen LogP contribution in [0, 0.1) is 5.41 Å². The first-order valence-electron chi connectivity index (χ1n) is 10.5. The summed E-state index contributed by atoms with van der Waals surface area (Å²) in [6.45, 7) is 13.7. The van der Waals surface area contributed by atoms with Crippen LogP contribution in [0.1, 0.15) is 52.7 Å². The third kappa shape index (κ3) is 4.05. The van der Waals surface area contributed by atoms with Crippen molar-refractivity contribution >= 4 is 21.5 Å². The zero-order valence-corrected chi connectivity index (χ0v) is 18.5. The lowest BCUT2D eigenvalue weighted by molar-refractivity contribution is 0.411. The highest BCUT2D eigenvalue weighted by Crippen LogP contribution is 2.36. The molecule has 0 saturated carbocycles. The molecule has 0 atom stereocenters. The Bertz CT molecular complexity index is 1190. The van der Waals surface area contributed by atoms with Gasteiger partial charge in [0, 0.05) is 17.1 Å². The first-order chi connectivity index (χ1) is 13.6. The van der Waals surface area contributed by atoms with E-state index in [2.05, 4.69) is 102 Å². The molecule has 0 fully saturated rings. The largest absolute Gasteiger partial charge is 0.256 e. The van der Waals surface area contributed by atoms with Gasteiger partial charge in [0.25, 0.3) is 0 Å². The predicted octanol–water partition coefficient (Wildman–Crippen LogP) is 7.94. The molecule has 0 aliphatic rings. The second-order valence-electron chi connectivity index (χ2n) is 10.4. The van der Waals surface area contributed by atoms with Crippen molar-refractivity contribution in [2.75, 3.05) is 0 Å². The molecule has 4 rings (SSSR count). The molecule has 1 heteroatoms. The monoisotopic (exact) mass is 381 g/mol. The number of hydrogen-bond acceptors (Lipinski definition) is 1. The Labute approximate surface area is 174 Å². The van der Waals surface area contributed by atoms with Crippen LogP contribution in [0.3, 0.4) is 0 Å². The number of nitrogens with zero attached hydrogens (tertiary/aromatic N) is 1. The number of benzene rings is 3. The summed E-state index contributed by atoms with van der Waals surface area (Å²) in [5, 5.41) is 5.09. The summed E-state index contributed by atoms with van der Waals surface area (Å²) in [7, 11) is 0. The van der Waals surface area contributed by atoms with Crippen LogP contribution in [0.25, 0.3) is 32.8 Å². The van der Waals surface area contributed by atoms with Crippen LogP contribution in [-0.4, -0.2) is 4.98 Å². The first kappa shape index (κ1) is 19.6. The fraction of sp³-hybridized carbons (Fsp3) is 0.321. The second-order valence-corrected chi connectivity index (χ2v) is 10.4. The van der Waals surface area contributed by atoms with Gasteiger partial charge < -0.3 is 0 Å². The molecule has 0 aliphatic heterocycles. The third-order valence-electron chi connectivity index (χ3n) is 5.51. The number of rotatable bonds is 2. The summed E-state index contributed by atoms with van der Waals surface area (Å²) in [4.78, 5) is 4.81. The van der Waals surface area contributed by atoms with Crippen molar-refractivity contribution in [3.8, 4) is 11.3 Å². The fourth-order valence-electron chi connectivity index (χ4n) is 4.25. The quantitative estimate of drug-likeness (QED) is 0.343. The molecule has 4 aromatic rings. The molecule has 0 amide bonds. The van der Waals surface area contributed by atoms with Gasteiger partial charge in [0.2, 0.25) is 0 Å². The fourth-order valence-corrected chi connectivity index (χ4v) is 4.25. The van der Waals surface area contributed by atoms with Gasteiger partial charge in [-0.25, -0.2) is 0 Å². The molecule has 0 spiro atoms. The van der Waals surface area contributed by atoms with Gasteiger partial charge in [-0.2, -0.15) is 0 Å². The van der Waals surface area contributed by atoms with Crippen molar-refractivity contribution in [3.05, 3.63) is 78.0 Å². The van der Waals surface area contributed by atoms with E-state index in [1.165, 1.54) is 38.2 Å². The summed E-state index contributed by atoms with van der Waals surface area (Å²) in [6.07, 6.45) is 3.02. The van der Waals surface area contributed by atoms with Gasteiger partial charge >= 0.3 is 0 Å². The van der Waals surface area contributed by atoms with Crippen LogP contribution in [-0.2, 0) is 11.8 Å². The van der Waals surface area contributed by atoms with E-state index >= 15 is 0 Å². The molecule has 0 N–H and O–H groups in total. The van der Waals surface area contributed by atoms with E-state index in [-0.39, 0.29) is 10.8 Å². The van der Waals surface area contributed by atoms with Gasteiger partial charge in [0.15, 0.2) is 0 Å². The molecule has 0 unspecified atom stereocenters. The third-order valence-corrected chi connectivity index (χ3v) is 5.51. The molecule has 1 aromatic heterocycles. The average molecular weight is 382 g/mol. The second kappa shape index (κ2) is 6.99. The van der Waals surface area contributed by atoms with Gasteiger partial charge in [-0.3, -0.25) is 4.98 Å². The Morgan fingerprint density at radius 1 is 0.724 bits per heavy atom. The van der Waals surface area contributed by atoms with Gasteiger partial charge in [0.05, 0.1) is 5.69 Å². The Hall–Kier alpha value is -2.67. The number of aromatic nitrogens is 1. The highest BCUT2D eigenvalue weighted by molar-refractivity contribution is 5.98. The molecule has 29 heavy (non-hydrogen) atoms. The standard InChI is InChI=1S/C28H31N/c1-27(2,3)18-19-11-12-24-21(15-19)13-14-29-26(24)22-16-20-9-7-8-10-23(20)25(17-22)28(4,5)6/h7-17H,18H2,1-6H3. The minimum Gasteiger partial charge on any atom is -0.256 e. The van der Waals surface area contributed by atoms with Gasteiger partial charge in [-0.15, -0.1) is 0 Å². The van der Waals surface area contributed by atoms with E-state index in [4.69, 9.17) is 4.98 Å². The molecular weight excluding hydrogens is 350 g/mol. The van der Waals surface area contributed by atoms with Crippen molar-refractivity contribution in [2.24, 2.45) is 5.41 Å². The van der Waals surface area contributed by atoms with Gasteiger partial charge in [-0.1, -0.05) is 84.0 Å². The molecule has 3 aromatic carbocycles. The lowest BCUT2D eigenvalue weighted by Gasteiger charge is -2.23. The topological polar surface area (TPSA) is 12.9 Å². The molecular formula is C28H31N. The summed E-state index contributed by atoms with van der Waals surface area (Å²) in [5.74, 6) is 0. The lowest BCUT2D eigenvalue weighted by Crippen LogP contribution is -2.12. The summed E-state index contributed by atoms with van der Waals surface area (Å²) in [6, 6.07) is 22.3. The van der Waals surface area contributed by atoms with E-state index in [9.17, 15) is 0 Å². The minimum atomic E-state index is 0.0695. The molecule has 1 heterocycles. The average Bonchev–Trinajstić information content (AvgIpc) is 2.64. The molecule has 148 valence electrons. The molecule has 0 aliphatic carbocycles. The zero-order valence-electron chi connectivity index (χ0n) is 18.5. The number of fused-ring (bicyclic) bond motifs is 2. The number of pyridine rings is 1. The zero-order chi connectivity index (χ0) is 20.8. The van der Waals surface area contributed by atoms with E-state index < -0.39 is 0 Å². The van der Waals surface area contributed by atoms with Gasteiger partial charge in [0.1, 0.15) is 0 Å². The summed E-state index contributed by atoms with van der Waals surface area (Å²) in [5.41, 5.74) is 5.37. The molecule has 1 nitrogen and oxygen atoms in total. The van der Waals surface area contributed by atoms with Crippen LogP contribution in [0.5, 0.6) is 0 Å². The lowest BCUT2D eigenvalue weighted by atomic mass is 9.82. The van der Waals surface area contributed by atoms with Crippen LogP contribution in [0.4, 0.5) is 0 Å². The van der Waals surface area contributed by atoms with Crippen LogP contribution in [0.15, 0.2) is 66.9 Å². The highest BCUT2D eigenvalue weighted by atomic mass is 14.7. The van der Waals surface area contributed by atoms with Crippen molar-refractivity contribution in [2.45, 2.75) is 53.4 Å². The number of hydrogen-bond donors (Lipinski definition) is 0.